The molecule has 2 N–H and O–H groups in total. The molecule has 208 valence electrons. The second kappa shape index (κ2) is 12.6. The first kappa shape index (κ1) is 28.5. The molecule has 0 saturated heterocycles. The monoisotopic (exact) mass is 544 g/mol. The Hall–Kier alpha value is -4.50. The van der Waals surface area contributed by atoms with Crippen LogP contribution in [-0.2, 0) is 11.2 Å². The second-order valence-corrected chi connectivity index (χ2v) is 9.54. The maximum absolute atomic E-state index is 14.6. The summed E-state index contributed by atoms with van der Waals surface area (Å²) in [5, 5.41) is 0. The zero-order valence-corrected chi connectivity index (χ0v) is 23.2. The van der Waals surface area contributed by atoms with E-state index in [0.29, 0.717) is 17.4 Å². The number of esters is 1. The van der Waals surface area contributed by atoms with Gasteiger partial charge in [0.25, 0.3) is 0 Å². The van der Waals surface area contributed by atoms with Crippen LogP contribution in [0.15, 0.2) is 72.9 Å². The minimum Gasteiger partial charge on any atom is -0.496 e. The molecule has 1 atom stereocenters. The van der Waals surface area contributed by atoms with E-state index >= 15 is 0 Å². The Bertz CT molecular complexity index is 1450. The van der Waals surface area contributed by atoms with Crippen molar-refractivity contribution in [3.63, 3.8) is 0 Å². The SMILES string of the molecule is COc1cccc(OC)c1-c1ccc(C[C@H](N)C(=O)Oc2nc(N(C)C(C)C)ncc2-c2ccccc2F)cc1. The summed E-state index contributed by atoms with van der Waals surface area (Å²) in [6.07, 6.45) is 1.68. The van der Waals surface area contributed by atoms with Crippen molar-refractivity contribution in [1.82, 2.24) is 9.97 Å². The number of rotatable bonds is 10. The van der Waals surface area contributed by atoms with Crippen LogP contribution in [0.4, 0.5) is 10.3 Å². The lowest BCUT2D eigenvalue weighted by atomic mass is 9.99. The summed E-state index contributed by atoms with van der Waals surface area (Å²) in [5.74, 6) is 0.487. The number of aromatic nitrogens is 2. The summed E-state index contributed by atoms with van der Waals surface area (Å²) in [7, 11) is 5.04. The van der Waals surface area contributed by atoms with Gasteiger partial charge in [0, 0.05) is 24.8 Å². The maximum Gasteiger partial charge on any atom is 0.330 e. The van der Waals surface area contributed by atoms with Gasteiger partial charge in [-0.1, -0.05) is 48.5 Å². The Morgan fingerprint density at radius 3 is 2.20 bits per heavy atom. The minimum absolute atomic E-state index is 0.0540. The summed E-state index contributed by atoms with van der Waals surface area (Å²) >= 11 is 0. The molecule has 1 aromatic heterocycles. The van der Waals surface area contributed by atoms with Gasteiger partial charge >= 0.3 is 5.97 Å². The Balaban J connectivity index is 1.56. The third-order valence-electron chi connectivity index (χ3n) is 6.62. The number of anilines is 1. The highest BCUT2D eigenvalue weighted by Crippen LogP contribution is 2.38. The number of hydrogen-bond acceptors (Lipinski definition) is 8. The van der Waals surface area contributed by atoms with Crippen molar-refractivity contribution >= 4 is 11.9 Å². The van der Waals surface area contributed by atoms with Crippen LogP contribution in [-0.4, -0.2) is 49.3 Å². The van der Waals surface area contributed by atoms with E-state index in [1.165, 1.54) is 12.3 Å². The van der Waals surface area contributed by atoms with Gasteiger partial charge in [0.1, 0.15) is 23.4 Å². The fourth-order valence-corrected chi connectivity index (χ4v) is 4.15. The average Bonchev–Trinajstić information content (AvgIpc) is 2.97. The quantitative estimate of drug-likeness (QED) is 0.269. The van der Waals surface area contributed by atoms with Crippen LogP contribution in [0.2, 0.25) is 0 Å². The molecule has 0 spiro atoms. The Kier molecular flexibility index (Phi) is 8.96. The van der Waals surface area contributed by atoms with Crippen molar-refractivity contribution in [3.8, 4) is 39.6 Å². The predicted molar refractivity (Wildman–Crippen MR) is 153 cm³/mol. The van der Waals surface area contributed by atoms with E-state index in [0.717, 1.165) is 16.7 Å². The zero-order valence-electron chi connectivity index (χ0n) is 23.2. The van der Waals surface area contributed by atoms with E-state index in [4.69, 9.17) is 19.9 Å². The molecule has 40 heavy (non-hydrogen) atoms. The number of nitrogens with two attached hydrogens (primary N) is 1. The number of methoxy groups -OCH3 is 2. The van der Waals surface area contributed by atoms with E-state index < -0.39 is 17.8 Å². The Morgan fingerprint density at radius 1 is 0.950 bits per heavy atom. The molecule has 8 nitrogen and oxygen atoms in total. The zero-order chi connectivity index (χ0) is 28.8. The molecule has 0 bridgehead atoms. The van der Waals surface area contributed by atoms with Crippen molar-refractivity contribution in [3.05, 3.63) is 84.3 Å². The van der Waals surface area contributed by atoms with Gasteiger partial charge in [0.15, 0.2) is 0 Å². The normalized spacial score (nSPS) is 11.7. The highest BCUT2D eigenvalue weighted by Gasteiger charge is 2.23. The molecule has 0 aliphatic carbocycles. The molecule has 4 aromatic rings. The van der Waals surface area contributed by atoms with Gasteiger partial charge in [0.05, 0.1) is 25.3 Å². The molecule has 4 rings (SSSR count). The first-order valence-corrected chi connectivity index (χ1v) is 12.9. The number of carbonyl (C=O) groups is 1. The van der Waals surface area contributed by atoms with Gasteiger partial charge in [0.2, 0.25) is 11.8 Å². The summed E-state index contributed by atoms with van der Waals surface area (Å²) in [6.45, 7) is 3.95. The number of halogens is 1. The molecule has 0 radical (unpaired) electrons. The standard InChI is InChI=1S/C31H33FN4O4/c1-19(2)36(3)31-34-18-23(22-9-6-7-10-24(22)32)29(35-31)40-30(37)25(33)17-20-13-15-21(16-14-20)28-26(38-4)11-8-12-27(28)39-5/h6-16,18-19,25H,17,33H2,1-5H3/t25-/m0/s1. The summed E-state index contributed by atoms with van der Waals surface area (Å²) in [4.78, 5) is 23.7. The van der Waals surface area contributed by atoms with Crippen LogP contribution in [0.3, 0.4) is 0 Å². The molecule has 0 saturated carbocycles. The molecule has 3 aromatic carbocycles. The molecule has 0 aliphatic heterocycles. The third-order valence-corrected chi connectivity index (χ3v) is 6.62. The molecular formula is C31H33FN4O4. The van der Waals surface area contributed by atoms with Crippen molar-refractivity contribution in [2.24, 2.45) is 5.73 Å². The predicted octanol–water partition coefficient (Wildman–Crippen LogP) is 5.29. The number of hydrogen-bond donors (Lipinski definition) is 1. The number of nitrogens with zero attached hydrogens (tertiary/aromatic N) is 3. The van der Waals surface area contributed by atoms with Gasteiger partial charge in [-0.3, -0.25) is 0 Å². The summed E-state index contributed by atoms with van der Waals surface area (Å²) in [6, 6.07) is 18.5. The molecule has 9 heteroatoms. The Morgan fingerprint density at radius 2 is 1.60 bits per heavy atom. The van der Waals surface area contributed by atoms with Crippen LogP contribution in [0.25, 0.3) is 22.3 Å². The lowest BCUT2D eigenvalue weighted by Crippen LogP contribution is -2.36. The molecule has 0 aliphatic rings. The van der Waals surface area contributed by atoms with Crippen LogP contribution >= 0.6 is 0 Å². The highest BCUT2D eigenvalue weighted by atomic mass is 19.1. The number of benzene rings is 3. The average molecular weight is 545 g/mol. The lowest BCUT2D eigenvalue weighted by Gasteiger charge is -2.22. The van der Waals surface area contributed by atoms with E-state index in [1.807, 2.05) is 68.3 Å². The van der Waals surface area contributed by atoms with Crippen LogP contribution in [0, 0.1) is 5.82 Å². The topological polar surface area (TPSA) is 99.8 Å². The van der Waals surface area contributed by atoms with E-state index in [2.05, 4.69) is 9.97 Å². The van der Waals surface area contributed by atoms with Crippen LogP contribution in [0.5, 0.6) is 17.4 Å². The fraction of sp³-hybridized carbons (Fsp3) is 0.258. The van der Waals surface area contributed by atoms with Crippen LogP contribution < -0.4 is 24.8 Å². The largest absolute Gasteiger partial charge is 0.496 e. The van der Waals surface area contributed by atoms with E-state index in [9.17, 15) is 9.18 Å². The molecule has 0 fully saturated rings. The van der Waals surface area contributed by atoms with Gasteiger partial charge < -0.3 is 24.8 Å². The van der Waals surface area contributed by atoms with Gasteiger partial charge in [-0.2, -0.15) is 4.98 Å². The third kappa shape index (κ3) is 6.21. The van der Waals surface area contributed by atoms with Gasteiger partial charge in [-0.25, -0.2) is 14.2 Å². The van der Waals surface area contributed by atoms with E-state index in [-0.39, 0.29) is 29.5 Å². The first-order chi connectivity index (χ1) is 19.2. The highest BCUT2D eigenvalue weighted by molar-refractivity contribution is 5.81. The fourth-order valence-electron chi connectivity index (χ4n) is 4.15. The molecule has 0 amide bonds. The van der Waals surface area contributed by atoms with Gasteiger partial charge in [-0.15, -0.1) is 0 Å². The van der Waals surface area contributed by atoms with Crippen molar-refractivity contribution in [2.45, 2.75) is 32.4 Å². The van der Waals surface area contributed by atoms with Crippen molar-refractivity contribution < 1.29 is 23.4 Å². The summed E-state index contributed by atoms with van der Waals surface area (Å²) < 4.78 is 31.3. The maximum atomic E-state index is 14.6. The lowest BCUT2D eigenvalue weighted by molar-refractivity contribution is -0.136. The molecular weight excluding hydrogens is 511 g/mol. The minimum atomic E-state index is -0.985. The van der Waals surface area contributed by atoms with Gasteiger partial charge in [-0.05, 0) is 49.6 Å². The Labute approximate surface area is 233 Å². The number of ether oxygens (including phenoxy) is 3. The molecule has 1 heterocycles. The second-order valence-electron chi connectivity index (χ2n) is 9.54. The molecule has 0 unspecified atom stereocenters. The summed E-state index contributed by atoms with van der Waals surface area (Å²) in [5.41, 5.74) is 9.30. The van der Waals surface area contributed by atoms with E-state index in [1.54, 1.807) is 32.4 Å². The first-order valence-electron chi connectivity index (χ1n) is 12.9. The smallest absolute Gasteiger partial charge is 0.330 e. The van der Waals surface area contributed by atoms with Crippen molar-refractivity contribution in [2.75, 3.05) is 26.2 Å². The van der Waals surface area contributed by atoms with Crippen LogP contribution in [0.1, 0.15) is 19.4 Å². The van der Waals surface area contributed by atoms with Crippen molar-refractivity contribution in [1.29, 1.82) is 0 Å². The number of carbonyl (C=O) groups excluding carboxylic acids is 1.